The summed E-state index contributed by atoms with van der Waals surface area (Å²) < 4.78 is 12.5. The summed E-state index contributed by atoms with van der Waals surface area (Å²) in [5.41, 5.74) is 6.99. The van der Waals surface area contributed by atoms with Crippen molar-refractivity contribution in [3.63, 3.8) is 0 Å². The van der Waals surface area contributed by atoms with E-state index < -0.39 is 0 Å². The Morgan fingerprint density at radius 2 is 1.65 bits per heavy atom. The fourth-order valence-corrected chi connectivity index (χ4v) is 4.24. The van der Waals surface area contributed by atoms with Gasteiger partial charge in [-0.15, -0.1) is 0 Å². The summed E-state index contributed by atoms with van der Waals surface area (Å²) >= 11 is 0. The zero-order chi connectivity index (χ0) is 25.9. The number of carbonyl (C=O) groups excluding carboxylic acids is 1. The van der Waals surface area contributed by atoms with Gasteiger partial charge in [-0.1, -0.05) is 54.6 Å². The van der Waals surface area contributed by atoms with Gasteiger partial charge in [0, 0.05) is 31.9 Å². The van der Waals surface area contributed by atoms with Crippen molar-refractivity contribution in [1.29, 1.82) is 0 Å². The van der Waals surface area contributed by atoms with E-state index in [0.29, 0.717) is 19.8 Å². The predicted octanol–water partition coefficient (Wildman–Crippen LogP) is 6.67. The summed E-state index contributed by atoms with van der Waals surface area (Å²) in [5.74, 6) is 1.60. The topological polar surface area (TPSA) is 60.5 Å². The normalized spacial score (nSPS) is 10.6. The fourth-order valence-electron chi connectivity index (χ4n) is 4.24. The smallest absolute Gasteiger partial charge is 0.216 e. The molecule has 0 bridgehead atoms. The van der Waals surface area contributed by atoms with Crippen molar-refractivity contribution in [2.45, 2.75) is 46.3 Å². The lowest BCUT2D eigenvalue weighted by molar-refractivity contribution is -0.118. The van der Waals surface area contributed by atoms with Gasteiger partial charge in [-0.2, -0.15) is 0 Å². The SMILES string of the molecule is CC(=O)NCCCCc1ccc(OCc2cccc(-c3ccccc3)c2C)cc1OCc1ccncc1. The van der Waals surface area contributed by atoms with Crippen LogP contribution in [-0.4, -0.2) is 17.4 Å². The maximum atomic E-state index is 11.1. The average molecular weight is 495 g/mol. The van der Waals surface area contributed by atoms with Gasteiger partial charge < -0.3 is 14.8 Å². The van der Waals surface area contributed by atoms with Crippen molar-refractivity contribution in [3.05, 3.63) is 114 Å². The number of amides is 1. The molecule has 0 unspecified atom stereocenters. The zero-order valence-corrected chi connectivity index (χ0v) is 21.6. The summed E-state index contributed by atoms with van der Waals surface area (Å²) in [6.45, 7) is 5.32. The minimum Gasteiger partial charge on any atom is -0.489 e. The van der Waals surface area contributed by atoms with Crippen molar-refractivity contribution in [3.8, 4) is 22.6 Å². The van der Waals surface area contributed by atoms with Crippen LogP contribution in [0.15, 0.2) is 91.3 Å². The van der Waals surface area contributed by atoms with E-state index in [0.717, 1.165) is 47.5 Å². The van der Waals surface area contributed by atoms with Crippen LogP contribution in [0.2, 0.25) is 0 Å². The number of pyridine rings is 1. The Labute approximate surface area is 219 Å². The number of hydrogen-bond acceptors (Lipinski definition) is 4. The Hall–Kier alpha value is -4.12. The van der Waals surface area contributed by atoms with E-state index in [1.807, 2.05) is 30.3 Å². The first kappa shape index (κ1) is 26.0. The van der Waals surface area contributed by atoms with E-state index in [9.17, 15) is 4.79 Å². The summed E-state index contributed by atoms with van der Waals surface area (Å²) in [7, 11) is 0. The first-order valence-electron chi connectivity index (χ1n) is 12.8. The van der Waals surface area contributed by atoms with Crippen molar-refractivity contribution in [2.24, 2.45) is 0 Å². The van der Waals surface area contributed by atoms with E-state index in [-0.39, 0.29) is 5.91 Å². The fraction of sp³-hybridized carbons (Fsp3) is 0.250. The van der Waals surface area contributed by atoms with E-state index in [1.54, 1.807) is 19.3 Å². The molecule has 5 heteroatoms. The molecule has 0 saturated heterocycles. The summed E-state index contributed by atoms with van der Waals surface area (Å²) in [6, 6.07) is 26.8. The highest BCUT2D eigenvalue weighted by Crippen LogP contribution is 2.30. The Morgan fingerprint density at radius 3 is 2.43 bits per heavy atom. The van der Waals surface area contributed by atoms with E-state index in [4.69, 9.17) is 9.47 Å². The van der Waals surface area contributed by atoms with Gasteiger partial charge in [-0.3, -0.25) is 9.78 Å². The second-order valence-electron chi connectivity index (χ2n) is 9.10. The van der Waals surface area contributed by atoms with Gasteiger partial charge in [-0.05, 0) is 77.8 Å². The predicted molar refractivity (Wildman–Crippen MR) is 148 cm³/mol. The van der Waals surface area contributed by atoms with Crippen LogP contribution in [0.3, 0.4) is 0 Å². The average Bonchev–Trinajstić information content (AvgIpc) is 2.92. The lowest BCUT2D eigenvalue weighted by atomic mass is 9.97. The Kier molecular flexibility index (Phi) is 9.30. The number of aromatic nitrogens is 1. The quantitative estimate of drug-likeness (QED) is 0.223. The van der Waals surface area contributed by atoms with Gasteiger partial charge in [-0.25, -0.2) is 0 Å². The Bertz CT molecular complexity index is 1290. The minimum atomic E-state index is 0.00687. The number of ether oxygens (including phenoxy) is 2. The molecule has 0 atom stereocenters. The third-order valence-electron chi connectivity index (χ3n) is 6.35. The molecule has 0 aliphatic heterocycles. The lowest BCUT2D eigenvalue weighted by Gasteiger charge is -2.16. The highest BCUT2D eigenvalue weighted by atomic mass is 16.5. The summed E-state index contributed by atoms with van der Waals surface area (Å²) in [4.78, 5) is 15.2. The van der Waals surface area contributed by atoms with Crippen LogP contribution in [-0.2, 0) is 24.4 Å². The molecule has 3 aromatic carbocycles. The number of carbonyl (C=O) groups is 1. The molecule has 4 aromatic rings. The molecule has 0 aliphatic carbocycles. The second kappa shape index (κ2) is 13.3. The van der Waals surface area contributed by atoms with Crippen molar-refractivity contribution in [2.75, 3.05) is 6.54 Å². The van der Waals surface area contributed by atoms with Gasteiger partial charge in [0.2, 0.25) is 5.91 Å². The van der Waals surface area contributed by atoms with Crippen LogP contribution in [0, 0.1) is 6.92 Å². The maximum absolute atomic E-state index is 11.1. The van der Waals surface area contributed by atoms with Crippen LogP contribution in [0.25, 0.3) is 11.1 Å². The molecule has 0 aliphatic rings. The number of nitrogens with one attached hydrogen (secondary N) is 1. The number of rotatable bonds is 12. The Morgan fingerprint density at radius 1 is 0.838 bits per heavy atom. The number of benzene rings is 3. The molecular weight excluding hydrogens is 460 g/mol. The highest BCUT2D eigenvalue weighted by molar-refractivity contribution is 5.72. The molecule has 0 fully saturated rings. The van der Waals surface area contributed by atoms with E-state index in [2.05, 4.69) is 65.8 Å². The van der Waals surface area contributed by atoms with E-state index >= 15 is 0 Å². The largest absolute Gasteiger partial charge is 0.489 e. The molecule has 1 heterocycles. The van der Waals surface area contributed by atoms with Crippen molar-refractivity contribution >= 4 is 5.91 Å². The second-order valence-corrected chi connectivity index (χ2v) is 9.10. The summed E-state index contributed by atoms with van der Waals surface area (Å²) in [5, 5.41) is 2.86. The van der Waals surface area contributed by atoms with Crippen molar-refractivity contribution in [1.82, 2.24) is 10.3 Å². The molecule has 5 nitrogen and oxygen atoms in total. The highest BCUT2D eigenvalue weighted by Gasteiger charge is 2.10. The number of aryl methyl sites for hydroxylation is 1. The first-order valence-corrected chi connectivity index (χ1v) is 12.8. The monoisotopic (exact) mass is 494 g/mol. The van der Waals surface area contributed by atoms with Crippen molar-refractivity contribution < 1.29 is 14.3 Å². The first-order chi connectivity index (χ1) is 18.1. The molecule has 1 amide bonds. The number of hydrogen-bond donors (Lipinski definition) is 1. The van der Waals surface area contributed by atoms with Gasteiger partial charge in [0.1, 0.15) is 24.7 Å². The number of nitrogens with zero attached hydrogens (tertiary/aromatic N) is 1. The third kappa shape index (κ3) is 7.68. The van der Waals surface area contributed by atoms with Crippen LogP contribution in [0.4, 0.5) is 0 Å². The molecule has 0 spiro atoms. The maximum Gasteiger partial charge on any atom is 0.216 e. The molecule has 37 heavy (non-hydrogen) atoms. The lowest BCUT2D eigenvalue weighted by Crippen LogP contribution is -2.20. The van der Waals surface area contributed by atoms with E-state index in [1.165, 1.54) is 16.7 Å². The van der Waals surface area contributed by atoms with Crippen LogP contribution in [0.1, 0.15) is 42.0 Å². The number of unbranched alkanes of at least 4 members (excludes halogenated alkanes) is 1. The molecular formula is C32H34N2O3. The molecule has 1 aromatic heterocycles. The van der Waals surface area contributed by atoms with Gasteiger partial charge >= 0.3 is 0 Å². The van der Waals surface area contributed by atoms with Gasteiger partial charge in [0.05, 0.1) is 0 Å². The Balaban J connectivity index is 1.46. The van der Waals surface area contributed by atoms with Gasteiger partial charge in [0.25, 0.3) is 0 Å². The molecule has 0 radical (unpaired) electrons. The standard InChI is InChI=1S/C32H34N2O3/c1-24-29(12-8-13-31(24)27-9-4-3-5-10-27)23-36-30-15-14-28(11-6-7-18-34-25(2)35)32(21-30)37-22-26-16-19-33-20-17-26/h3-5,8-10,12-17,19-21H,6-7,11,18,22-23H2,1-2H3,(H,34,35). The summed E-state index contributed by atoms with van der Waals surface area (Å²) in [6.07, 6.45) is 6.28. The minimum absolute atomic E-state index is 0.00687. The molecule has 4 rings (SSSR count). The molecule has 0 saturated carbocycles. The molecule has 1 N–H and O–H groups in total. The van der Waals surface area contributed by atoms with Crippen LogP contribution < -0.4 is 14.8 Å². The molecule has 190 valence electrons. The van der Waals surface area contributed by atoms with Gasteiger partial charge in [0.15, 0.2) is 0 Å². The zero-order valence-electron chi connectivity index (χ0n) is 21.6. The van der Waals surface area contributed by atoms with Crippen LogP contribution in [0.5, 0.6) is 11.5 Å². The van der Waals surface area contributed by atoms with Crippen LogP contribution >= 0.6 is 0 Å². The third-order valence-corrected chi connectivity index (χ3v) is 6.35.